The minimum absolute atomic E-state index is 0.120. The summed E-state index contributed by atoms with van der Waals surface area (Å²) in [6, 6.07) is 17.4. The lowest BCUT2D eigenvalue weighted by Gasteiger charge is -2.19. The molecule has 7 heteroatoms. The number of benzene rings is 2. The van der Waals surface area contributed by atoms with Crippen molar-refractivity contribution in [3.8, 4) is 0 Å². The van der Waals surface area contributed by atoms with Gasteiger partial charge in [0.2, 0.25) is 5.91 Å². The Morgan fingerprint density at radius 2 is 1.37 bits per heavy atom. The molecule has 0 aliphatic carbocycles. The van der Waals surface area contributed by atoms with E-state index < -0.39 is 13.9 Å². The monoisotopic (exact) mass is 583 g/mol. The molecule has 2 aromatic rings. The number of amides is 1. The van der Waals surface area contributed by atoms with Crippen LogP contribution in [-0.4, -0.2) is 28.3 Å². The highest BCUT2D eigenvalue weighted by Gasteiger charge is 2.20. The first kappa shape index (κ1) is 34.7. The lowest BCUT2D eigenvalue weighted by Crippen LogP contribution is -2.39. The summed E-state index contributed by atoms with van der Waals surface area (Å²) in [4.78, 5) is 30.9. The van der Waals surface area contributed by atoms with Crippen LogP contribution in [0.5, 0.6) is 0 Å². The van der Waals surface area contributed by atoms with E-state index in [0.29, 0.717) is 12.8 Å². The number of unbranched alkanes of at least 4 members (excludes halogenated alkanes) is 10. The molecular weight excluding hydrogens is 533 g/mol. The molecule has 0 saturated heterocycles. The van der Waals surface area contributed by atoms with Gasteiger partial charge in [0.1, 0.15) is 0 Å². The van der Waals surface area contributed by atoms with Crippen molar-refractivity contribution in [3.63, 3.8) is 0 Å². The van der Waals surface area contributed by atoms with Crippen LogP contribution >= 0.6 is 7.82 Å². The maximum absolute atomic E-state index is 12.6. The number of hydrogen-bond donors (Lipinski definition) is 3. The Labute approximate surface area is 247 Å². The van der Waals surface area contributed by atoms with Crippen LogP contribution < -0.4 is 5.32 Å². The summed E-state index contributed by atoms with van der Waals surface area (Å²) in [7, 11) is -4.63. The lowest BCUT2D eigenvalue weighted by molar-refractivity contribution is -0.122. The molecule has 41 heavy (non-hydrogen) atoms. The van der Waals surface area contributed by atoms with E-state index in [9.17, 15) is 9.36 Å². The van der Waals surface area contributed by atoms with Gasteiger partial charge < -0.3 is 15.1 Å². The highest BCUT2D eigenvalue weighted by molar-refractivity contribution is 7.46. The molecule has 3 N–H and O–H groups in total. The van der Waals surface area contributed by atoms with Gasteiger partial charge in [0.15, 0.2) is 0 Å². The predicted octanol–water partition coefficient (Wildman–Crippen LogP) is 8.64. The SMILES string of the molecule is CCCCCCCC/C=C\CCCCCCC(=O)N[C@@H](COP(=O)(O)O)Cc1ccc(/C=C/c2ccccc2)cc1. The van der Waals surface area contributed by atoms with Gasteiger partial charge in [-0.05, 0) is 55.2 Å². The molecule has 0 aliphatic heterocycles. The Morgan fingerprint density at radius 3 is 1.98 bits per heavy atom. The zero-order valence-electron chi connectivity index (χ0n) is 24.8. The third-order valence-corrected chi connectivity index (χ3v) is 7.44. The van der Waals surface area contributed by atoms with Gasteiger partial charge in [-0.2, -0.15) is 0 Å². The molecule has 0 bridgehead atoms. The Morgan fingerprint density at radius 1 is 0.805 bits per heavy atom. The van der Waals surface area contributed by atoms with Crippen molar-refractivity contribution in [2.75, 3.05) is 6.61 Å². The van der Waals surface area contributed by atoms with Crippen molar-refractivity contribution in [1.82, 2.24) is 5.32 Å². The number of allylic oxidation sites excluding steroid dienone is 2. The maximum atomic E-state index is 12.6. The number of phosphoric ester groups is 1. The average Bonchev–Trinajstić information content (AvgIpc) is 2.96. The number of nitrogens with one attached hydrogen (secondary N) is 1. The van der Waals surface area contributed by atoms with Crippen molar-refractivity contribution in [3.05, 3.63) is 83.4 Å². The molecule has 0 heterocycles. The molecule has 0 unspecified atom stereocenters. The van der Waals surface area contributed by atoms with Gasteiger partial charge in [-0.25, -0.2) is 4.57 Å². The summed E-state index contributed by atoms with van der Waals surface area (Å²) in [5.74, 6) is -0.120. The highest BCUT2D eigenvalue weighted by Crippen LogP contribution is 2.35. The minimum Gasteiger partial charge on any atom is -0.351 e. The molecule has 0 spiro atoms. The first-order valence-corrected chi connectivity index (χ1v) is 16.9. The van der Waals surface area contributed by atoms with E-state index in [4.69, 9.17) is 14.3 Å². The van der Waals surface area contributed by atoms with Crippen LogP contribution in [0.15, 0.2) is 66.7 Å². The van der Waals surface area contributed by atoms with Crippen molar-refractivity contribution >= 4 is 25.9 Å². The summed E-state index contributed by atoms with van der Waals surface area (Å²) in [5.41, 5.74) is 3.11. The molecule has 0 radical (unpaired) electrons. The van der Waals surface area contributed by atoms with E-state index in [1.807, 2.05) is 66.7 Å². The van der Waals surface area contributed by atoms with Crippen LogP contribution in [0, 0.1) is 0 Å². The summed E-state index contributed by atoms with van der Waals surface area (Å²) in [5, 5.41) is 2.91. The number of rotatable bonds is 22. The Bertz CT molecular complexity index is 1060. The molecule has 0 aliphatic rings. The second-order valence-electron chi connectivity index (χ2n) is 10.7. The van der Waals surface area contributed by atoms with E-state index in [0.717, 1.165) is 48.8 Å². The van der Waals surface area contributed by atoms with Crippen molar-refractivity contribution in [2.45, 2.75) is 103 Å². The van der Waals surface area contributed by atoms with Crippen molar-refractivity contribution in [1.29, 1.82) is 0 Å². The molecule has 1 atom stereocenters. The molecule has 0 saturated carbocycles. The Hall–Kier alpha value is -2.50. The average molecular weight is 584 g/mol. The molecule has 2 aromatic carbocycles. The third-order valence-electron chi connectivity index (χ3n) is 6.95. The van der Waals surface area contributed by atoms with Crippen LogP contribution in [0.1, 0.15) is 107 Å². The maximum Gasteiger partial charge on any atom is 0.469 e. The quantitative estimate of drug-likeness (QED) is 0.0558. The zero-order chi connectivity index (χ0) is 29.6. The summed E-state index contributed by atoms with van der Waals surface area (Å²) >= 11 is 0. The van der Waals surface area contributed by atoms with Gasteiger partial charge in [0.05, 0.1) is 12.6 Å². The molecule has 0 fully saturated rings. The first-order valence-electron chi connectivity index (χ1n) is 15.3. The summed E-state index contributed by atoms with van der Waals surface area (Å²) in [6.07, 6.45) is 23.7. The van der Waals surface area contributed by atoms with Gasteiger partial charge in [-0.1, -0.05) is 131 Å². The summed E-state index contributed by atoms with van der Waals surface area (Å²) < 4.78 is 16.0. The Kier molecular flexibility index (Phi) is 18.0. The summed E-state index contributed by atoms with van der Waals surface area (Å²) in [6.45, 7) is 1.99. The molecule has 6 nitrogen and oxygen atoms in total. The van der Waals surface area contributed by atoms with Crippen LogP contribution in [0.4, 0.5) is 0 Å². The predicted molar refractivity (Wildman–Crippen MR) is 170 cm³/mol. The zero-order valence-corrected chi connectivity index (χ0v) is 25.7. The third kappa shape index (κ3) is 18.5. The number of phosphoric acid groups is 1. The standard InChI is InChI=1S/C34H50NO5P/c1-2-3-4-5-6-7-8-9-10-11-12-13-14-18-21-34(36)35-33(29-40-41(37,38)39)28-32-26-24-31(25-27-32)23-22-30-19-16-15-17-20-30/h9-10,15-17,19-20,22-27,33H,2-8,11-14,18,21,28-29H2,1H3,(H,35,36)(H2,37,38,39)/b10-9-,23-22+/t33-/m1/s1. The van der Waals surface area contributed by atoms with Gasteiger partial charge in [-0.3, -0.25) is 9.32 Å². The van der Waals surface area contributed by atoms with E-state index in [1.165, 1.54) is 44.9 Å². The second-order valence-corrected chi connectivity index (χ2v) is 12.0. The van der Waals surface area contributed by atoms with Crippen LogP contribution in [-0.2, 0) is 20.3 Å². The lowest BCUT2D eigenvalue weighted by atomic mass is 10.0. The normalized spacial score (nSPS) is 12.8. The van der Waals surface area contributed by atoms with Crippen LogP contribution in [0.25, 0.3) is 12.2 Å². The van der Waals surface area contributed by atoms with E-state index in [1.54, 1.807) is 0 Å². The smallest absolute Gasteiger partial charge is 0.351 e. The highest BCUT2D eigenvalue weighted by atomic mass is 31.2. The fourth-order valence-corrected chi connectivity index (χ4v) is 5.00. The fraction of sp³-hybridized carbons (Fsp3) is 0.500. The van der Waals surface area contributed by atoms with Gasteiger partial charge in [-0.15, -0.1) is 0 Å². The van der Waals surface area contributed by atoms with Gasteiger partial charge >= 0.3 is 7.82 Å². The number of carbonyl (C=O) groups is 1. The Balaban J connectivity index is 1.68. The topological polar surface area (TPSA) is 95.9 Å². The molecule has 226 valence electrons. The van der Waals surface area contributed by atoms with Gasteiger partial charge in [0, 0.05) is 6.42 Å². The van der Waals surface area contributed by atoms with E-state index in [2.05, 4.69) is 24.4 Å². The van der Waals surface area contributed by atoms with E-state index >= 15 is 0 Å². The van der Waals surface area contributed by atoms with Gasteiger partial charge in [0.25, 0.3) is 0 Å². The molecule has 1 amide bonds. The number of hydrogen-bond acceptors (Lipinski definition) is 3. The largest absolute Gasteiger partial charge is 0.469 e. The van der Waals surface area contributed by atoms with Crippen molar-refractivity contribution < 1.29 is 23.7 Å². The second kappa shape index (κ2) is 21.2. The fourth-order valence-electron chi connectivity index (χ4n) is 4.62. The number of carbonyl (C=O) groups excluding carboxylic acids is 1. The molecule has 2 rings (SSSR count). The molecular formula is C34H50NO5P. The van der Waals surface area contributed by atoms with E-state index in [-0.39, 0.29) is 12.5 Å². The van der Waals surface area contributed by atoms with Crippen LogP contribution in [0.2, 0.25) is 0 Å². The first-order chi connectivity index (χ1) is 19.9. The van der Waals surface area contributed by atoms with Crippen molar-refractivity contribution in [2.24, 2.45) is 0 Å². The molecule has 0 aromatic heterocycles. The van der Waals surface area contributed by atoms with Crippen LogP contribution in [0.3, 0.4) is 0 Å². The minimum atomic E-state index is -4.63.